The highest BCUT2D eigenvalue weighted by Crippen LogP contribution is 2.16. The normalized spacial score (nSPS) is 12.9. The highest BCUT2D eigenvalue weighted by molar-refractivity contribution is 7.99. The molecule has 0 radical (unpaired) electrons. The summed E-state index contributed by atoms with van der Waals surface area (Å²) in [6.07, 6.45) is 1.81. The summed E-state index contributed by atoms with van der Waals surface area (Å²) in [6.45, 7) is 5.83. The molecule has 0 fully saturated rings. The molecular formula is C11H26N2OS. The first-order valence-electron chi connectivity index (χ1n) is 5.63. The second-order valence-corrected chi connectivity index (χ2v) is 5.32. The molecule has 0 saturated carbocycles. The van der Waals surface area contributed by atoms with Crippen molar-refractivity contribution in [2.75, 3.05) is 32.9 Å². The molecular weight excluding hydrogens is 208 g/mol. The smallest absolute Gasteiger partial charge is 0.221 e. The van der Waals surface area contributed by atoms with E-state index >= 15 is 0 Å². The lowest BCUT2D eigenvalue weighted by molar-refractivity contribution is -0.121. The van der Waals surface area contributed by atoms with Crippen molar-refractivity contribution in [3.63, 3.8) is 0 Å². The largest absolute Gasteiger partial charge is 0.356 e. The minimum atomic E-state index is 0. The number of amides is 1. The molecule has 0 aliphatic rings. The summed E-state index contributed by atoms with van der Waals surface area (Å²) in [5, 5.41) is 3.28. The number of thioether (sulfide) groups is 1. The van der Waals surface area contributed by atoms with Gasteiger partial charge in [0.05, 0.1) is 0 Å². The van der Waals surface area contributed by atoms with Crippen LogP contribution in [-0.2, 0) is 4.79 Å². The maximum Gasteiger partial charge on any atom is 0.221 e. The van der Waals surface area contributed by atoms with Crippen molar-refractivity contribution in [3.8, 4) is 0 Å². The monoisotopic (exact) mass is 234 g/mol. The Bertz CT molecular complexity index is 179. The summed E-state index contributed by atoms with van der Waals surface area (Å²) in [5.74, 6) is 1.31. The van der Waals surface area contributed by atoms with Crippen LogP contribution in [0.4, 0.5) is 0 Å². The Morgan fingerprint density at radius 1 is 1.47 bits per heavy atom. The van der Waals surface area contributed by atoms with E-state index in [1.165, 1.54) is 6.42 Å². The number of nitrogens with one attached hydrogen (secondary N) is 1. The van der Waals surface area contributed by atoms with E-state index < -0.39 is 0 Å². The molecule has 1 amide bonds. The van der Waals surface area contributed by atoms with Crippen molar-refractivity contribution < 1.29 is 6.22 Å². The van der Waals surface area contributed by atoms with Gasteiger partial charge in [0.15, 0.2) is 0 Å². The lowest BCUT2D eigenvalue weighted by Crippen LogP contribution is -2.31. The van der Waals surface area contributed by atoms with Crippen LogP contribution < -0.4 is 5.32 Å². The zero-order chi connectivity index (χ0) is 11.7. The average Bonchev–Trinajstić information content (AvgIpc) is 2.13. The van der Waals surface area contributed by atoms with Gasteiger partial charge in [0.2, 0.25) is 5.91 Å². The van der Waals surface area contributed by atoms with E-state index in [9.17, 15) is 4.79 Å². The summed E-state index contributed by atoms with van der Waals surface area (Å²) in [5.41, 5.74) is 0. The average molecular weight is 234 g/mol. The third-order valence-electron chi connectivity index (χ3n) is 1.91. The van der Waals surface area contributed by atoms with Crippen molar-refractivity contribution in [2.45, 2.75) is 31.9 Å². The van der Waals surface area contributed by atoms with Gasteiger partial charge in [-0.15, -0.1) is 0 Å². The molecule has 15 heavy (non-hydrogen) atoms. The van der Waals surface area contributed by atoms with Gasteiger partial charge in [-0.2, -0.15) is 11.8 Å². The lowest BCUT2D eigenvalue weighted by Gasteiger charge is -2.19. The summed E-state index contributed by atoms with van der Waals surface area (Å²) < 4.78 is 0. The molecule has 92 valence electrons. The number of hydrogen-bond donors (Lipinski definition) is 1. The molecule has 0 rings (SSSR count). The van der Waals surface area contributed by atoms with Crippen molar-refractivity contribution in [2.24, 2.45) is 0 Å². The van der Waals surface area contributed by atoms with Gasteiger partial charge in [-0.05, 0) is 33.2 Å². The summed E-state index contributed by atoms with van der Waals surface area (Å²) in [7, 11) is 4.11. The molecule has 0 aromatic heterocycles. The van der Waals surface area contributed by atoms with Crippen LogP contribution in [0.1, 0.15) is 28.1 Å². The molecule has 0 saturated heterocycles. The standard InChI is InChI=1S/C11H24N2OS.H2/c1-5-7-15-10(9-13(3)4)8-11(14)12-6-2;/h10H,5-9H2,1-4H3,(H,12,14);1H. The first-order valence-corrected chi connectivity index (χ1v) is 6.68. The van der Waals surface area contributed by atoms with Crippen molar-refractivity contribution >= 4 is 17.7 Å². The van der Waals surface area contributed by atoms with E-state index in [-0.39, 0.29) is 7.33 Å². The molecule has 4 heteroatoms. The van der Waals surface area contributed by atoms with Crippen LogP contribution in [0.5, 0.6) is 0 Å². The highest BCUT2D eigenvalue weighted by atomic mass is 32.2. The fourth-order valence-corrected chi connectivity index (χ4v) is 2.59. The highest BCUT2D eigenvalue weighted by Gasteiger charge is 2.14. The van der Waals surface area contributed by atoms with Gasteiger partial charge >= 0.3 is 0 Å². The van der Waals surface area contributed by atoms with E-state index in [1.54, 1.807) is 0 Å². The molecule has 1 N–H and O–H groups in total. The first-order chi connectivity index (χ1) is 7.10. The predicted molar refractivity (Wildman–Crippen MR) is 70.5 cm³/mol. The number of carbonyl (C=O) groups is 1. The van der Waals surface area contributed by atoms with Crippen LogP contribution in [0.2, 0.25) is 0 Å². The van der Waals surface area contributed by atoms with Crippen LogP contribution >= 0.6 is 11.8 Å². The molecule has 0 heterocycles. The van der Waals surface area contributed by atoms with Gasteiger partial charge in [0.25, 0.3) is 0 Å². The Kier molecular flexibility index (Phi) is 8.91. The van der Waals surface area contributed by atoms with Crippen molar-refractivity contribution in [1.82, 2.24) is 10.2 Å². The van der Waals surface area contributed by atoms with E-state index in [4.69, 9.17) is 0 Å². The molecule has 0 bridgehead atoms. The zero-order valence-corrected chi connectivity index (χ0v) is 11.2. The van der Waals surface area contributed by atoms with Crippen LogP contribution in [-0.4, -0.2) is 49.0 Å². The van der Waals surface area contributed by atoms with E-state index in [1.807, 2.05) is 18.7 Å². The van der Waals surface area contributed by atoms with E-state index in [2.05, 4.69) is 31.2 Å². The fourth-order valence-electron chi connectivity index (χ4n) is 1.34. The molecule has 0 spiro atoms. The number of hydrogen-bond acceptors (Lipinski definition) is 3. The molecule has 0 aromatic rings. The first kappa shape index (κ1) is 14.8. The second-order valence-electron chi connectivity index (χ2n) is 3.91. The van der Waals surface area contributed by atoms with Crippen molar-refractivity contribution in [1.29, 1.82) is 0 Å². The topological polar surface area (TPSA) is 32.3 Å². The Hall–Kier alpha value is -0.220. The molecule has 0 aliphatic carbocycles. The molecule has 1 atom stereocenters. The Morgan fingerprint density at radius 3 is 2.60 bits per heavy atom. The maximum atomic E-state index is 11.5. The number of nitrogens with zero attached hydrogens (tertiary/aromatic N) is 1. The van der Waals surface area contributed by atoms with Gasteiger partial charge in [-0.25, -0.2) is 0 Å². The molecule has 0 aliphatic heterocycles. The Labute approximate surface area is 99.5 Å². The Morgan fingerprint density at radius 2 is 2.13 bits per heavy atom. The van der Waals surface area contributed by atoms with Gasteiger partial charge in [-0.3, -0.25) is 4.79 Å². The number of carbonyl (C=O) groups excluding carboxylic acids is 1. The van der Waals surface area contributed by atoms with Crippen LogP contribution in [0.3, 0.4) is 0 Å². The van der Waals surface area contributed by atoms with Crippen LogP contribution in [0.15, 0.2) is 0 Å². The lowest BCUT2D eigenvalue weighted by atomic mass is 10.3. The third-order valence-corrected chi connectivity index (χ3v) is 3.34. The summed E-state index contributed by atoms with van der Waals surface area (Å²) >= 11 is 1.90. The zero-order valence-electron chi connectivity index (χ0n) is 10.4. The van der Waals surface area contributed by atoms with Gasteiger partial charge in [0, 0.05) is 26.2 Å². The quantitative estimate of drug-likeness (QED) is 0.695. The fraction of sp³-hybridized carbons (Fsp3) is 0.909. The predicted octanol–water partition coefficient (Wildman–Crippen LogP) is 1.83. The second kappa shape index (κ2) is 9.04. The maximum absolute atomic E-state index is 11.5. The van der Waals surface area contributed by atoms with E-state index in [0.717, 1.165) is 18.8 Å². The van der Waals surface area contributed by atoms with Crippen molar-refractivity contribution in [3.05, 3.63) is 0 Å². The summed E-state index contributed by atoms with van der Waals surface area (Å²) in [6, 6.07) is 0. The van der Waals surface area contributed by atoms with Crippen LogP contribution in [0, 0.1) is 0 Å². The molecule has 1 unspecified atom stereocenters. The van der Waals surface area contributed by atoms with Crippen LogP contribution in [0.25, 0.3) is 0 Å². The van der Waals surface area contributed by atoms with E-state index in [0.29, 0.717) is 11.7 Å². The molecule has 3 nitrogen and oxygen atoms in total. The summed E-state index contributed by atoms with van der Waals surface area (Å²) in [4.78, 5) is 13.6. The minimum absolute atomic E-state index is 0. The Balaban J connectivity index is 0. The van der Waals surface area contributed by atoms with Gasteiger partial charge < -0.3 is 10.2 Å². The molecule has 0 aromatic carbocycles. The minimum Gasteiger partial charge on any atom is -0.356 e. The SMILES string of the molecule is CCCSC(CC(=O)NCC)CN(C)C.[HH]. The third kappa shape index (κ3) is 8.75. The van der Waals surface area contributed by atoms with Gasteiger partial charge in [0.1, 0.15) is 0 Å². The number of rotatable bonds is 8. The van der Waals surface area contributed by atoms with Gasteiger partial charge in [-0.1, -0.05) is 6.92 Å².